The fourth-order valence-electron chi connectivity index (χ4n) is 1.00. The molecule has 0 fully saturated rings. The lowest BCUT2D eigenvalue weighted by molar-refractivity contribution is -0.140. The first-order chi connectivity index (χ1) is 6.59. The Kier molecular flexibility index (Phi) is 3.83. The van der Waals surface area contributed by atoms with Crippen molar-refractivity contribution in [2.45, 2.75) is 20.3 Å². The molecule has 0 saturated heterocycles. The van der Waals surface area contributed by atoms with Gasteiger partial charge in [0.1, 0.15) is 0 Å². The number of carbonyl (C=O) groups is 2. The van der Waals surface area contributed by atoms with Crippen molar-refractivity contribution in [1.82, 2.24) is 0 Å². The van der Waals surface area contributed by atoms with E-state index >= 15 is 0 Å². The van der Waals surface area contributed by atoms with Gasteiger partial charge in [-0.3, -0.25) is 9.59 Å². The Morgan fingerprint density at radius 3 is 2.64 bits per heavy atom. The van der Waals surface area contributed by atoms with Gasteiger partial charge >= 0.3 is 5.97 Å². The van der Waals surface area contributed by atoms with Crippen LogP contribution in [0.1, 0.15) is 29.1 Å². The minimum Gasteiger partial charge on any atom is -0.466 e. The number of Topliss-reactive ketones (excluding diaryl/α,β-unsaturated/α-hetero) is 1. The van der Waals surface area contributed by atoms with Crippen LogP contribution in [0.15, 0.2) is 11.4 Å². The molecule has 0 spiro atoms. The highest BCUT2D eigenvalue weighted by atomic mass is 32.1. The zero-order chi connectivity index (χ0) is 10.6. The molecule has 1 aromatic heterocycles. The summed E-state index contributed by atoms with van der Waals surface area (Å²) in [5, 5.41) is 1.92. The van der Waals surface area contributed by atoms with Gasteiger partial charge < -0.3 is 4.74 Å². The van der Waals surface area contributed by atoms with E-state index in [9.17, 15) is 9.59 Å². The van der Waals surface area contributed by atoms with Gasteiger partial charge in [0.15, 0.2) is 5.78 Å². The van der Waals surface area contributed by atoms with Crippen molar-refractivity contribution in [3.8, 4) is 0 Å². The van der Waals surface area contributed by atoms with Crippen LogP contribution >= 0.6 is 11.3 Å². The summed E-state index contributed by atoms with van der Waals surface area (Å²) in [5.41, 5.74) is 1.04. The lowest BCUT2D eigenvalue weighted by Gasteiger charge is -1.98. The third kappa shape index (κ3) is 3.30. The molecule has 4 heteroatoms. The van der Waals surface area contributed by atoms with Crippen LogP contribution in [0, 0.1) is 0 Å². The molecule has 0 aliphatic rings. The van der Waals surface area contributed by atoms with Crippen LogP contribution in [0.5, 0.6) is 0 Å². The maximum Gasteiger partial charge on any atom is 0.302 e. The molecule has 0 unspecified atom stereocenters. The first kappa shape index (κ1) is 10.9. The summed E-state index contributed by atoms with van der Waals surface area (Å²) in [6, 6.07) is 1.84. The van der Waals surface area contributed by atoms with Gasteiger partial charge in [0.25, 0.3) is 0 Å². The lowest BCUT2D eigenvalue weighted by atomic mass is 10.2. The molecule has 0 aliphatic heterocycles. The van der Waals surface area contributed by atoms with E-state index in [2.05, 4.69) is 0 Å². The number of carbonyl (C=O) groups excluding carboxylic acids is 2. The standard InChI is InChI=1S/C10H12O3S/c1-7(11)10-5-9(6-14-10)3-4-13-8(2)12/h5-6H,3-4H2,1-2H3. The number of hydrogen-bond donors (Lipinski definition) is 0. The fraction of sp³-hybridized carbons (Fsp3) is 0.400. The maximum atomic E-state index is 11.0. The van der Waals surface area contributed by atoms with Gasteiger partial charge in [-0.1, -0.05) is 0 Å². The summed E-state index contributed by atoms with van der Waals surface area (Å²) < 4.78 is 4.80. The molecule has 0 N–H and O–H groups in total. The summed E-state index contributed by atoms with van der Waals surface area (Å²) in [5.74, 6) is -0.194. The van der Waals surface area contributed by atoms with Crippen molar-refractivity contribution in [3.63, 3.8) is 0 Å². The third-order valence-electron chi connectivity index (χ3n) is 1.70. The first-order valence-corrected chi connectivity index (χ1v) is 5.19. The molecule has 14 heavy (non-hydrogen) atoms. The van der Waals surface area contributed by atoms with E-state index < -0.39 is 0 Å². The van der Waals surface area contributed by atoms with Crippen molar-refractivity contribution in [2.24, 2.45) is 0 Å². The van der Waals surface area contributed by atoms with Crippen molar-refractivity contribution in [3.05, 3.63) is 21.9 Å². The number of hydrogen-bond acceptors (Lipinski definition) is 4. The quantitative estimate of drug-likeness (QED) is 0.566. The number of ether oxygens (including phenoxy) is 1. The van der Waals surface area contributed by atoms with E-state index in [1.165, 1.54) is 18.3 Å². The van der Waals surface area contributed by atoms with Gasteiger partial charge in [0, 0.05) is 13.3 Å². The third-order valence-corrected chi connectivity index (χ3v) is 2.78. The molecular weight excluding hydrogens is 200 g/mol. The summed E-state index contributed by atoms with van der Waals surface area (Å²) in [7, 11) is 0. The largest absolute Gasteiger partial charge is 0.466 e. The normalized spacial score (nSPS) is 9.86. The van der Waals surface area contributed by atoms with Crippen molar-refractivity contribution >= 4 is 23.1 Å². The zero-order valence-electron chi connectivity index (χ0n) is 8.20. The predicted octanol–water partition coefficient (Wildman–Crippen LogP) is 2.06. The number of thiophene rings is 1. The van der Waals surface area contributed by atoms with E-state index in [-0.39, 0.29) is 11.8 Å². The zero-order valence-corrected chi connectivity index (χ0v) is 9.02. The van der Waals surface area contributed by atoms with E-state index in [4.69, 9.17) is 4.74 Å². The Morgan fingerprint density at radius 1 is 1.43 bits per heavy atom. The van der Waals surface area contributed by atoms with Crippen LogP contribution in [-0.4, -0.2) is 18.4 Å². The second-order valence-corrected chi connectivity index (χ2v) is 3.88. The number of ketones is 1. The highest BCUT2D eigenvalue weighted by Crippen LogP contribution is 2.15. The van der Waals surface area contributed by atoms with Crippen molar-refractivity contribution < 1.29 is 14.3 Å². The van der Waals surface area contributed by atoms with Gasteiger partial charge in [0.2, 0.25) is 0 Å². The Morgan fingerprint density at radius 2 is 2.14 bits per heavy atom. The molecule has 0 saturated carbocycles. The summed E-state index contributed by atoms with van der Waals surface area (Å²) >= 11 is 1.43. The fourth-order valence-corrected chi connectivity index (χ4v) is 1.85. The molecule has 0 bridgehead atoms. The van der Waals surface area contributed by atoms with Gasteiger partial charge in [-0.05, 0) is 23.9 Å². The molecule has 1 heterocycles. The minimum atomic E-state index is -0.271. The maximum absolute atomic E-state index is 11.0. The monoisotopic (exact) mass is 212 g/mol. The Hall–Kier alpha value is -1.16. The van der Waals surface area contributed by atoms with Crippen LogP contribution in [0.3, 0.4) is 0 Å². The average molecular weight is 212 g/mol. The predicted molar refractivity (Wildman–Crippen MR) is 54.7 cm³/mol. The van der Waals surface area contributed by atoms with Crippen molar-refractivity contribution in [1.29, 1.82) is 0 Å². The lowest BCUT2D eigenvalue weighted by Crippen LogP contribution is -2.02. The van der Waals surface area contributed by atoms with Crippen LogP contribution < -0.4 is 0 Å². The molecule has 76 valence electrons. The molecule has 0 amide bonds. The van der Waals surface area contributed by atoms with Gasteiger partial charge in [-0.15, -0.1) is 11.3 Å². The van der Waals surface area contributed by atoms with Crippen LogP contribution in [0.4, 0.5) is 0 Å². The first-order valence-electron chi connectivity index (χ1n) is 4.31. The average Bonchev–Trinajstić information content (AvgIpc) is 2.52. The van der Waals surface area contributed by atoms with Crippen LogP contribution in [0.2, 0.25) is 0 Å². The van der Waals surface area contributed by atoms with Crippen LogP contribution in [0.25, 0.3) is 0 Å². The van der Waals surface area contributed by atoms with Crippen LogP contribution in [-0.2, 0) is 16.0 Å². The van der Waals surface area contributed by atoms with Gasteiger partial charge in [0.05, 0.1) is 11.5 Å². The summed E-state index contributed by atoms with van der Waals surface area (Å²) in [4.78, 5) is 22.2. The Balaban J connectivity index is 2.44. The molecule has 0 aromatic carbocycles. The summed E-state index contributed by atoms with van der Waals surface area (Å²) in [6.45, 7) is 3.31. The number of rotatable bonds is 4. The highest BCUT2D eigenvalue weighted by molar-refractivity contribution is 7.12. The van der Waals surface area contributed by atoms with Gasteiger partial charge in [-0.2, -0.15) is 0 Å². The van der Waals surface area contributed by atoms with E-state index in [0.717, 1.165) is 10.4 Å². The summed E-state index contributed by atoms with van der Waals surface area (Å²) in [6.07, 6.45) is 0.670. The molecule has 0 radical (unpaired) electrons. The second-order valence-electron chi connectivity index (χ2n) is 2.97. The number of esters is 1. The molecule has 1 aromatic rings. The Bertz CT molecular complexity index is 341. The molecule has 0 aliphatic carbocycles. The SMILES string of the molecule is CC(=O)OCCc1csc(C(C)=O)c1. The van der Waals surface area contributed by atoms with E-state index in [0.29, 0.717) is 13.0 Å². The molecular formula is C10H12O3S. The topological polar surface area (TPSA) is 43.4 Å². The molecule has 3 nitrogen and oxygen atoms in total. The smallest absolute Gasteiger partial charge is 0.302 e. The minimum absolute atomic E-state index is 0.0775. The second kappa shape index (κ2) is 4.91. The molecule has 1 rings (SSSR count). The Labute approximate surface area is 86.7 Å². The molecule has 0 atom stereocenters. The van der Waals surface area contributed by atoms with E-state index in [1.807, 2.05) is 11.4 Å². The van der Waals surface area contributed by atoms with Crippen molar-refractivity contribution in [2.75, 3.05) is 6.61 Å². The van der Waals surface area contributed by atoms with E-state index in [1.54, 1.807) is 6.92 Å². The van der Waals surface area contributed by atoms with Gasteiger partial charge in [-0.25, -0.2) is 0 Å². The highest BCUT2D eigenvalue weighted by Gasteiger charge is 2.04.